The number of aliphatic carboxylic acids is 1. The largest absolute Gasteiger partial charge is 0.478 e. The Bertz CT molecular complexity index is 524. The summed E-state index contributed by atoms with van der Waals surface area (Å²) in [6.07, 6.45) is 5.44. The zero-order valence-electron chi connectivity index (χ0n) is 12.2. The van der Waals surface area contributed by atoms with Crippen molar-refractivity contribution in [1.29, 1.82) is 0 Å². The van der Waals surface area contributed by atoms with E-state index in [4.69, 9.17) is 5.11 Å². The van der Waals surface area contributed by atoms with Crippen molar-refractivity contribution in [3.05, 3.63) is 35.7 Å². The summed E-state index contributed by atoms with van der Waals surface area (Å²) in [7, 11) is 1.76. The Balaban J connectivity index is 2.94. The maximum Gasteiger partial charge on any atom is 0.328 e. The highest BCUT2D eigenvalue weighted by Gasteiger charge is 2.20. The molecule has 0 fully saturated rings. The first-order chi connectivity index (χ1) is 9.32. The van der Waals surface area contributed by atoms with Gasteiger partial charge in [0, 0.05) is 31.6 Å². The molecule has 5 nitrogen and oxygen atoms in total. The molecule has 1 heterocycles. The Kier molecular flexibility index (Phi) is 5.43. The minimum absolute atomic E-state index is 0.112. The van der Waals surface area contributed by atoms with E-state index < -0.39 is 5.97 Å². The number of carbonyl (C=O) groups is 2. The molecule has 0 aliphatic carbocycles. The molecule has 1 aromatic heterocycles. The molecule has 1 atom stereocenters. The summed E-state index contributed by atoms with van der Waals surface area (Å²) in [6, 6.07) is 1.75. The van der Waals surface area contributed by atoms with Crippen LogP contribution in [0.4, 0.5) is 0 Å². The van der Waals surface area contributed by atoms with Gasteiger partial charge in [-0.25, -0.2) is 4.79 Å². The molecule has 0 aromatic carbocycles. The molecule has 20 heavy (non-hydrogen) atoms. The molecule has 1 rings (SSSR count). The van der Waals surface area contributed by atoms with Gasteiger partial charge in [-0.05, 0) is 30.5 Å². The van der Waals surface area contributed by atoms with Crippen LogP contribution < -0.4 is 0 Å². The zero-order chi connectivity index (χ0) is 15.3. The van der Waals surface area contributed by atoms with Gasteiger partial charge in [-0.15, -0.1) is 0 Å². The lowest BCUT2D eigenvalue weighted by Crippen LogP contribution is -2.38. The molecule has 1 unspecified atom stereocenters. The fourth-order valence-electron chi connectivity index (χ4n) is 1.67. The number of carboxylic acid groups (broad SMARTS) is 1. The van der Waals surface area contributed by atoms with E-state index in [0.29, 0.717) is 17.0 Å². The van der Waals surface area contributed by atoms with Gasteiger partial charge < -0.3 is 10.0 Å². The van der Waals surface area contributed by atoms with Crippen LogP contribution >= 0.6 is 0 Å². The van der Waals surface area contributed by atoms with Gasteiger partial charge in [0.25, 0.3) is 5.91 Å². The molecule has 1 amide bonds. The molecule has 1 N–H and O–H groups in total. The van der Waals surface area contributed by atoms with E-state index in [-0.39, 0.29) is 11.9 Å². The van der Waals surface area contributed by atoms with Crippen LogP contribution in [0.15, 0.2) is 24.5 Å². The van der Waals surface area contributed by atoms with Gasteiger partial charge in [0.2, 0.25) is 0 Å². The van der Waals surface area contributed by atoms with Crippen LogP contribution in [-0.2, 0) is 4.79 Å². The van der Waals surface area contributed by atoms with Gasteiger partial charge in [0.05, 0.1) is 5.56 Å². The van der Waals surface area contributed by atoms with Crippen molar-refractivity contribution in [3.8, 4) is 0 Å². The molecule has 5 heteroatoms. The number of amides is 1. The molecule has 0 aliphatic rings. The summed E-state index contributed by atoms with van der Waals surface area (Å²) in [4.78, 5) is 28.5. The van der Waals surface area contributed by atoms with E-state index >= 15 is 0 Å². The highest BCUT2D eigenvalue weighted by atomic mass is 16.4. The minimum Gasteiger partial charge on any atom is -0.478 e. The number of hydrogen-bond donors (Lipinski definition) is 1. The number of carbonyl (C=O) groups excluding carboxylic acids is 1. The van der Waals surface area contributed by atoms with E-state index in [1.165, 1.54) is 18.5 Å². The predicted octanol–water partition coefficient (Wildman–Crippen LogP) is 2.30. The average molecular weight is 276 g/mol. The van der Waals surface area contributed by atoms with Gasteiger partial charge in [-0.2, -0.15) is 0 Å². The first-order valence-corrected chi connectivity index (χ1v) is 6.46. The van der Waals surface area contributed by atoms with Crippen molar-refractivity contribution < 1.29 is 14.7 Å². The second-order valence-electron chi connectivity index (χ2n) is 5.08. The van der Waals surface area contributed by atoms with Crippen molar-refractivity contribution in [3.63, 3.8) is 0 Å². The lowest BCUT2D eigenvalue weighted by Gasteiger charge is -2.28. The van der Waals surface area contributed by atoms with E-state index in [9.17, 15) is 9.59 Å². The maximum atomic E-state index is 12.3. The maximum absolute atomic E-state index is 12.3. The molecule has 1 aromatic rings. The van der Waals surface area contributed by atoms with E-state index in [2.05, 4.69) is 18.8 Å². The molecular formula is C15H20N2O3. The Labute approximate surface area is 118 Å². The summed E-state index contributed by atoms with van der Waals surface area (Å²) in [5.74, 6) is -0.802. The third kappa shape index (κ3) is 4.19. The molecule has 0 aliphatic heterocycles. The van der Waals surface area contributed by atoms with Gasteiger partial charge in [-0.3, -0.25) is 9.78 Å². The van der Waals surface area contributed by atoms with Gasteiger partial charge in [-0.1, -0.05) is 13.8 Å². The van der Waals surface area contributed by atoms with Gasteiger partial charge in [0.1, 0.15) is 0 Å². The van der Waals surface area contributed by atoms with Crippen molar-refractivity contribution in [2.24, 2.45) is 5.92 Å². The normalized spacial score (nSPS) is 12.7. The smallest absolute Gasteiger partial charge is 0.328 e. The summed E-state index contributed by atoms with van der Waals surface area (Å²) in [5, 5.41) is 8.59. The quantitative estimate of drug-likeness (QED) is 0.838. The van der Waals surface area contributed by atoms with Crippen LogP contribution in [0.25, 0.3) is 6.08 Å². The second kappa shape index (κ2) is 6.84. The fraction of sp³-hybridized carbons (Fsp3) is 0.400. The third-order valence-electron chi connectivity index (χ3n) is 3.32. The zero-order valence-corrected chi connectivity index (χ0v) is 12.2. The second-order valence-corrected chi connectivity index (χ2v) is 5.08. The molecule has 0 bridgehead atoms. The predicted molar refractivity (Wildman–Crippen MR) is 77.3 cm³/mol. The van der Waals surface area contributed by atoms with Crippen LogP contribution in [-0.4, -0.2) is 40.0 Å². The lowest BCUT2D eigenvalue weighted by atomic mass is 10.0. The summed E-state index contributed by atoms with van der Waals surface area (Å²) >= 11 is 0. The molecule has 0 saturated heterocycles. The molecule has 0 saturated carbocycles. The fourth-order valence-corrected chi connectivity index (χ4v) is 1.67. The number of carboxylic acids is 1. The number of nitrogens with zero attached hydrogens (tertiary/aromatic N) is 2. The van der Waals surface area contributed by atoms with Crippen LogP contribution in [0.5, 0.6) is 0 Å². The number of rotatable bonds is 5. The molecule has 0 radical (unpaired) electrons. The lowest BCUT2D eigenvalue weighted by molar-refractivity contribution is -0.131. The van der Waals surface area contributed by atoms with E-state index in [0.717, 1.165) is 6.08 Å². The topological polar surface area (TPSA) is 70.5 Å². The Hall–Kier alpha value is -2.17. The number of hydrogen-bond acceptors (Lipinski definition) is 3. The van der Waals surface area contributed by atoms with Gasteiger partial charge in [0.15, 0.2) is 0 Å². The number of pyridine rings is 1. The molecule has 0 spiro atoms. The van der Waals surface area contributed by atoms with Crippen LogP contribution in [0.2, 0.25) is 0 Å². The van der Waals surface area contributed by atoms with Crippen molar-refractivity contribution >= 4 is 18.0 Å². The Morgan fingerprint density at radius 1 is 1.30 bits per heavy atom. The van der Waals surface area contributed by atoms with E-state index in [1.807, 2.05) is 6.92 Å². The van der Waals surface area contributed by atoms with Crippen LogP contribution in [0.3, 0.4) is 0 Å². The standard InChI is InChI=1S/C15H20N2O3/c1-10(2)11(3)17(4)15(20)13-7-12(8-16-9-13)5-6-14(18)19/h5-11H,1-4H3,(H,18,19). The first-order valence-electron chi connectivity index (χ1n) is 6.46. The monoisotopic (exact) mass is 276 g/mol. The highest BCUT2D eigenvalue weighted by molar-refractivity contribution is 5.94. The highest BCUT2D eigenvalue weighted by Crippen LogP contribution is 2.13. The summed E-state index contributed by atoms with van der Waals surface area (Å²) < 4.78 is 0. The Morgan fingerprint density at radius 3 is 2.50 bits per heavy atom. The average Bonchev–Trinajstić information content (AvgIpc) is 2.42. The van der Waals surface area contributed by atoms with Gasteiger partial charge >= 0.3 is 5.97 Å². The first kappa shape index (κ1) is 15.9. The van der Waals surface area contributed by atoms with Crippen molar-refractivity contribution in [2.75, 3.05) is 7.05 Å². The molecular weight excluding hydrogens is 256 g/mol. The van der Waals surface area contributed by atoms with Crippen LogP contribution in [0, 0.1) is 5.92 Å². The van der Waals surface area contributed by atoms with Crippen molar-refractivity contribution in [1.82, 2.24) is 9.88 Å². The van der Waals surface area contributed by atoms with Crippen LogP contribution in [0.1, 0.15) is 36.7 Å². The van der Waals surface area contributed by atoms with E-state index in [1.54, 1.807) is 18.0 Å². The third-order valence-corrected chi connectivity index (χ3v) is 3.32. The summed E-state index contributed by atoms with van der Waals surface area (Å²) in [6.45, 7) is 6.10. The van der Waals surface area contributed by atoms with Crippen molar-refractivity contribution in [2.45, 2.75) is 26.8 Å². The Morgan fingerprint density at radius 2 is 1.95 bits per heavy atom. The summed E-state index contributed by atoms with van der Waals surface area (Å²) in [5.41, 5.74) is 1.04. The SMILES string of the molecule is CC(C)C(C)N(C)C(=O)c1cncc(C=CC(=O)O)c1. The minimum atomic E-state index is -1.03. The number of aromatic nitrogens is 1. The molecule has 108 valence electrons.